The standard InChI is InChI=1S/C11H25NO2S2/c1-11(2)12-6-9-15-16-10-14-8-5-4-7-13-3/h11-12H,4-10H2,1-3H3. The van der Waals surface area contributed by atoms with Gasteiger partial charge in [0.1, 0.15) is 5.94 Å². The van der Waals surface area contributed by atoms with Crippen molar-refractivity contribution in [2.24, 2.45) is 0 Å². The van der Waals surface area contributed by atoms with Gasteiger partial charge in [-0.15, -0.1) is 0 Å². The highest BCUT2D eigenvalue weighted by Crippen LogP contribution is 2.20. The molecular formula is C11H25NO2S2. The molecule has 0 fully saturated rings. The average molecular weight is 267 g/mol. The van der Waals surface area contributed by atoms with Crippen molar-refractivity contribution in [2.45, 2.75) is 32.7 Å². The summed E-state index contributed by atoms with van der Waals surface area (Å²) in [5.41, 5.74) is 0. The van der Waals surface area contributed by atoms with E-state index in [1.54, 1.807) is 17.9 Å². The highest BCUT2D eigenvalue weighted by molar-refractivity contribution is 8.76. The summed E-state index contributed by atoms with van der Waals surface area (Å²) in [7, 11) is 5.39. The van der Waals surface area contributed by atoms with E-state index in [0.29, 0.717) is 6.04 Å². The fraction of sp³-hybridized carbons (Fsp3) is 1.00. The lowest BCUT2D eigenvalue weighted by molar-refractivity contribution is 0.152. The van der Waals surface area contributed by atoms with Gasteiger partial charge in [0.25, 0.3) is 0 Å². The SMILES string of the molecule is COCCCCOCSSCCNC(C)C. The second kappa shape index (κ2) is 13.6. The van der Waals surface area contributed by atoms with Crippen molar-refractivity contribution in [3.05, 3.63) is 0 Å². The minimum atomic E-state index is 0.586. The Labute approximate surface area is 108 Å². The van der Waals surface area contributed by atoms with E-state index in [2.05, 4.69) is 19.2 Å². The van der Waals surface area contributed by atoms with E-state index < -0.39 is 0 Å². The molecule has 0 unspecified atom stereocenters. The van der Waals surface area contributed by atoms with Crippen LogP contribution in [0.4, 0.5) is 0 Å². The highest BCUT2D eigenvalue weighted by atomic mass is 33.1. The highest BCUT2D eigenvalue weighted by Gasteiger charge is 1.94. The van der Waals surface area contributed by atoms with Gasteiger partial charge in [0.2, 0.25) is 0 Å². The van der Waals surface area contributed by atoms with Crippen LogP contribution in [0.1, 0.15) is 26.7 Å². The van der Waals surface area contributed by atoms with Crippen molar-refractivity contribution in [3.8, 4) is 0 Å². The monoisotopic (exact) mass is 267 g/mol. The van der Waals surface area contributed by atoms with Gasteiger partial charge in [0.15, 0.2) is 0 Å². The lowest BCUT2D eigenvalue weighted by atomic mass is 10.3. The van der Waals surface area contributed by atoms with Crippen LogP contribution in [0.25, 0.3) is 0 Å². The topological polar surface area (TPSA) is 30.5 Å². The lowest BCUT2D eigenvalue weighted by Gasteiger charge is -2.07. The van der Waals surface area contributed by atoms with Crippen LogP contribution in [0.5, 0.6) is 0 Å². The molecule has 5 heteroatoms. The molecule has 0 amide bonds. The molecule has 98 valence electrons. The normalized spacial score (nSPS) is 11.2. The molecule has 3 nitrogen and oxygen atoms in total. The first kappa shape index (κ1) is 16.6. The average Bonchev–Trinajstić information content (AvgIpc) is 2.25. The molecule has 0 aliphatic carbocycles. The van der Waals surface area contributed by atoms with Crippen molar-refractivity contribution >= 4 is 21.6 Å². The van der Waals surface area contributed by atoms with Gasteiger partial charge in [-0.1, -0.05) is 35.4 Å². The zero-order valence-corrected chi connectivity index (χ0v) is 12.3. The molecule has 0 bridgehead atoms. The van der Waals surface area contributed by atoms with Gasteiger partial charge in [-0.2, -0.15) is 0 Å². The maximum absolute atomic E-state index is 5.47. The summed E-state index contributed by atoms with van der Waals surface area (Å²) in [6, 6.07) is 0.586. The molecule has 0 aromatic rings. The Hall–Kier alpha value is 0.580. The summed E-state index contributed by atoms with van der Waals surface area (Å²) < 4.78 is 10.4. The van der Waals surface area contributed by atoms with E-state index in [1.165, 1.54) is 0 Å². The zero-order chi connectivity index (χ0) is 12.1. The molecule has 1 N–H and O–H groups in total. The van der Waals surface area contributed by atoms with Crippen LogP contribution in [-0.4, -0.2) is 44.6 Å². The second-order valence-corrected chi connectivity index (χ2v) is 6.30. The molecule has 0 atom stereocenters. The fourth-order valence-corrected chi connectivity index (χ4v) is 2.61. The van der Waals surface area contributed by atoms with E-state index in [-0.39, 0.29) is 0 Å². The maximum Gasteiger partial charge on any atom is 0.102 e. The minimum Gasteiger partial charge on any atom is -0.385 e. The molecule has 0 spiro atoms. The number of methoxy groups -OCH3 is 1. The number of hydrogen-bond donors (Lipinski definition) is 1. The Morgan fingerprint density at radius 1 is 1.12 bits per heavy atom. The van der Waals surface area contributed by atoms with E-state index in [0.717, 1.165) is 44.3 Å². The summed E-state index contributed by atoms with van der Waals surface area (Å²) in [6.07, 6.45) is 2.18. The predicted octanol–water partition coefficient (Wildman–Crippen LogP) is 2.77. The van der Waals surface area contributed by atoms with Gasteiger partial charge in [0, 0.05) is 38.7 Å². The Morgan fingerprint density at radius 3 is 2.56 bits per heavy atom. The molecule has 0 aliphatic rings. The Balaban J connectivity index is 2.88. The third-order valence-electron chi connectivity index (χ3n) is 1.84. The molecule has 0 rings (SSSR count). The second-order valence-electron chi connectivity index (χ2n) is 3.77. The summed E-state index contributed by atoms with van der Waals surface area (Å²) in [6.45, 7) is 7.10. The van der Waals surface area contributed by atoms with E-state index in [9.17, 15) is 0 Å². The van der Waals surface area contributed by atoms with Gasteiger partial charge in [-0.05, 0) is 12.8 Å². The number of rotatable bonds is 12. The number of unbranched alkanes of at least 4 members (excludes halogenated alkanes) is 1. The van der Waals surface area contributed by atoms with E-state index in [4.69, 9.17) is 9.47 Å². The molecule has 0 aliphatic heterocycles. The van der Waals surface area contributed by atoms with Crippen LogP contribution >= 0.6 is 21.6 Å². The third kappa shape index (κ3) is 14.6. The first-order valence-electron chi connectivity index (χ1n) is 5.82. The molecule has 0 aromatic carbocycles. The van der Waals surface area contributed by atoms with Gasteiger partial charge in [0.05, 0.1) is 0 Å². The third-order valence-corrected chi connectivity index (χ3v) is 3.93. The molecule has 0 radical (unpaired) electrons. The van der Waals surface area contributed by atoms with Crippen LogP contribution in [0.15, 0.2) is 0 Å². The lowest BCUT2D eigenvalue weighted by Crippen LogP contribution is -2.24. The summed E-state index contributed by atoms with van der Waals surface area (Å²) in [4.78, 5) is 0. The smallest absolute Gasteiger partial charge is 0.102 e. The number of ether oxygens (including phenoxy) is 2. The van der Waals surface area contributed by atoms with Crippen LogP contribution < -0.4 is 5.32 Å². The Morgan fingerprint density at radius 2 is 1.88 bits per heavy atom. The van der Waals surface area contributed by atoms with Gasteiger partial charge >= 0.3 is 0 Å². The van der Waals surface area contributed by atoms with Gasteiger partial charge < -0.3 is 14.8 Å². The Kier molecular flexibility index (Phi) is 14.1. The van der Waals surface area contributed by atoms with Crippen molar-refractivity contribution in [1.29, 1.82) is 0 Å². The van der Waals surface area contributed by atoms with Crippen molar-refractivity contribution < 1.29 is 9.47 Å². The molecule has 0 heterocycles. The first-order valence-corrected chi connectivity index (χ1v) is 8.30. The summed E-state index contributed by atoms with van der Waals surface area (Å²) in [5, 5.41) is 3.38. The first-order chi connectivity index (χ1) is 7.77. The van der Waals surface area contributed by atoms with Crippen LogP contribution in [-0.2, 0) is 9.47 Å². The molecule has 0 saturated heterocycles. The quantitative estimate of drug-likeness (QED) is 0.334. The molecule has 0 saturated carbocycles. The number of nitrogens with one attached hydrogen (secondary N) is 1. The fourth-order valence-electron chi connectivity index (χ4n) is 1.03. The van der Waals surface area contributed by atoms with Crippen LogP contribution in [0, 0.1) is 0 Å². The molecule has 0 aromatic heterocycles. The zero-order valence-electron chi connectivity index (χ0n) is 10.7. The van der Waals surface area contributed by atoms with Gasteiger partial charge in [-0.25, -0.2) is 0 Å². The minimum absolute atomic E-state index is 0.586. The van der Waals surface area contributed by atoms with Gasteiger partial charge in [-0.3, -0.25) is 0 Å². The van der Waals surface area contributed by atoms with Crippen molar-refractivity contribution in [3.63, 3.8) is 0 Å². The maximum atomic E-state index is 5.47. The largest absolute Gasteiger partial charge is 0.385 e. The van der Waals surface area contributed by atoms with E-state index >= 15 is 0 Å². The number of hydrogen-bond acceptors (Lipinski definition) is 5. The summed E-state index contributed by atoms with van der Waals surface area (Å²) >= 11 is 0. The summed E-state index contributed by atoms with van der Waals surface area (Å²) in [5.74, 6) is 1.93. The van der Waals surface area contributed by atoms with Crippen molar-refractivity contribution in [1.82, 2.24) is 5.32 Å². The van der Waals surface area contributed by atoms with E-state index in [1.807, 2.05) is 10.8 Å². The van der Waals surface area contributed by atoms with Crippen LogP contribution in [0.3, 0.4) is 0 Å². The Bertz CT molecular complexity index is 137. The van der Waals surface area contributed by atoms with Crippen LogP contribution in [0.2, 0.25) is 0 Å². The molecule has 16 heavy (non-hydrogen) atoms. The van der Waals surface area contributed by atoms with Crippen molar-refractivity contribution in [2.75, 3.05) is 38.6 Å². The molecular weight excluding hydrogens is 242 g/mol. The predicted molar refractivity (Wildman–Crippen MR) is 75.1 cm³/mol.